The highest BCUT2D eigenvalue weighted by atomic mass is 32.1. The molecular formula is C22H31N3OS. The Morgan fingerprint density at radius 2 is 2.19 bits per heavy atom. The molecule has 5 heteroatoms. The third kappa shape index (κ3) is 5.88. The zero-order valence-corrected chi connectivity index (χ0v) is 17.4. The van der Waals surface area contributed by atoms with Crippen molar-refractivity contribution in [2.75, 3.05) is 13.1 Å². The van der Waals surface area contributed by atoms with Gasteiger partial charge in [0.25, 0.3) is 0 Å². The summed E-state index contributed by atoms with van der Waals surface area (Å²) in [6.07, 6.45) is 7.57. The smallest absolute Gasteiger partial charge is 0.223 e. The molecule has 3 rings (SSSR count). The summed E-state index contributed by atoms with van der Waals surface area (Å²) in [5.41, 5.74) is 2.38. The van der Waals surface area contributed by atoms with Gasteiger partial charge in [0.2, 0.25) is 5.91 Å². The average Bonchev–Trinajstić information content (AvgIpc) is 2.86. The van der Waals surface area contributed by atoms with Crippen LogP contribution in [-0.4, -0.2) is 34.9 Å². The standard InChI is InChI=1S/C22H31N3OS/c1-17-15-19(18(2)27-17)7-5-10-22(26)25(16-20-8-3-4-13-24-20)21-9-6-12-23-14-11-21/h3-4,8,13,15,21,23H,5-7,9-12,14,16H2,1-2H3. The zero-order chi connectivity index (χ0) is 19.1. The van der Waals surface area contributed by atoms with E-state index in [1.54, 1.807) is 0 Å². The Morgan fingerprint density at radius 3 is 2.93 bits per heavy atom. The van der Waals surface area contributed by atoms with Gasteiger partial charge in [-0.3, -0.25) is 9.78 Å². The van der Waals surface area contributed by atoms with E-state index >= 15 is 0 Å². The highest BCUT2D eigenvalue weighted by Crippen LogP contribution is 2.23. The van der Waals surface area contributed by atoms with Crippen LogP contribution in [0.3, 0.4) is 0 Å². The van der Waals surface area contributed by atoms with Crippen molar-refractivity contribution in [3.63, 3.8) is 0 Å². The molecule has 1 aliphatic rings. The molecule has 0 saturated carbocycles. The molecule has 1 aliphatic heterocycles. The number of aryl methyl sites for hydroxylation is 3. The van der Waals surface area contributed by atoms with E-state index in [1.807, 2.05) is 35.7 Å². The Hall–Kier alpha value is -1.72. The lowest BCUT2D eigenvalue weighted by Crippen LogP contribution is -2.40. The van der Waals surface area contributed by atoms with Crippen LogP contribution in [0, 0.1) is 13.8 Å². The predicted molar refractivity (Wildman–Crippen MR) is 112 cm³/mol. The van der Waals surface area contributed by atoms with Crippen molar-refractivity contribution in [1.29, 1.82) is 0 Å². The summed E-state index contributed by atoms with van der Waals surface area (Å²) in [7, 11) is 0. The number of aromatic nitrogens is 1. The number of amides is 1. The van der Waals surface area contributed by atoms with Crippen LogP contribution in [0.4, 0.5) is 0 Å². The predicted octanol–water partition coefficient (Wildman–Crippen LogP) is 4.25. The molecule has 2 aromatic rings. The highest BCUT2D eigenvalue weighted by Gasteiger charge is 2.24. The maximum absolute atomic E-state index is 13.1. The van der Waals surface area contributed by atoms with Gasteiger partial charge in [-0.1, -0.05) is 6.07 Å². The quantitative estimate of drug-likeness (QED) is 0.775. The summed E-state index contributed by atoms with van der Waals surface area (Å²) in [6.45, 7) is 7.01. The molecule has 1 fully saturated rings. The summed E-state index contributed by atoms with van der Waals surface area (Å²) in [6, 6.07) is 8.54. The average molecular weight is 386 g/mol. The first-order valence-corrected chi connectivity index (χ1v) is 10.9. The van der Waals surface area contributed by atoms with E-state index < -0.39 is 0 Å². The molecule has 0 spiro atoms. The summed E-state index contributed by atoms with van der Waals surface area (Å²) in [5, 5.41) is 3.46. The molecular weight excluding hydrogens is 354 g/mol. The lowest BCUT2D eigenvalue weighted by Gasteiger charge is -2.31. The first kappa shape index (κ1) is 20.0. The Labute approximate surface area is 167 Å². The number of nitrogens with one attached hydrogen (secondary N) is 1. The van der Waals surface area contributed by atoms with Crippen molar-refractivity contribution in [2.45, 2.75) is 65.0 Å². The Morgan fingerprint density at radius 1 is 1.30 bits per heavy atom. The van der Waals surface area contributed by atoms with Gasteiger partial charge in [-0.2, -0.15) is 0 Å². The van der Waals surface area contributed by atoms with E-state index in [1.165, 1.54) is 15.3 Å². The van der Waals surface area contributed by atoms with Crippen LogP contribution in [0.2, 0.25) is 0 Å². The molecule has 27 heavy (non-hydrogen) atoms. The van der Waals surface area contributed by atoms with Gasteiger partial charge in [-0.25, -0.2) is 0 Å². The van der Waals surface area contributed by atoms with Crippen LogP contribution >= 0.6 is 11.3 Å². The first-order chi connectivity index (χ1) is 13.1. The minimum atomic E-state index is 0.275. The van der Waals surface area contributed by atoms with Gasteiger partial charge >= 0.3 is 0 Å². The molecule has 1 unspecified atom stereocenters. The van der Waals surface area contributed by atoms with Crippen molar-refractivity contribution in [2.24, 2.45) is 0 Å². The third-order valence-corrected chi connectivity index (χ3v) is 6.35. The summed E-state index contributed by atoms with van der Waals surface area (Å²) < 4.78 is 0. The minimum absolute atomic E-state index is 0.275. The molecule has 0 aromatic carbocycles. The SMILES string of the molecule is Cc1cc(CCCC(=O)N(Cc2ccccn2)C2CCCNCC2)c(C)s1. The van der Waals surface area contributed by atoms with Crippen LogP contribution < -0.4 is 5.32 Å². The number of pyridine rings is 1. The fourth-order valence-corrected chi connectivity index (χ4v) is 4.88. The number of carbonyl (C=O) groups excluding carboxylic acids is 1. The van der Waals surface area contributed by atoms with Crippen LogP contribution in [0.15, 0.2) is 30.5 Å². The maximum Gasteiger partial charge on any atom is 0.223 e. The van der Waals surface area contributed by atoms with E-state index in [-0.39, 0.29) is 5.91 Å². The van der Waals surface area contributed by atoms with Gasteiger partial charge in [0.1, 0.15) is 0 Å². The number of rotatable bonds is 7. The van der Waals surface area contributed by atoms with Crippen LogP contribution in [0.5, 0.6) is 0 Å². The summed E-state index contributed by atoms with van der Waals surface area (Å²) in [5.74, 6) is 0.275. The molecule has 0 aliphatic carbocycles. The van der Waals surface area contributed by atoms with Gasteiger partial charge in [-0.05, 0) is 82.8 Å². The minimum Gasteiger partial charge on any atom is -0.334 e. The van der Waals surface area contributed by atoms with E-state index in [4.69, 9.17) is 0 Å². The van der Waals surface area contributed by atoms with Gasteiger partial charge in [0.05, 0.1) is 12.2 Å². The van der Waals surface area contributed by atoms with E-state index in [0.717, 1.165) is 50.9 Å². The summed E-state index contributed by atoms with van der Waals surface area (Å²) in [4.78, 5) is 22.4. The number of nitrogens with zero attached hydrogens (tertiary/aromatic N) is 2. The fraction of sp³-hybridized carbons (Fsp3) is 0.545. The van der Waals surface area contributed by atoms with E-state index in [2.05, 4.69) is 35.1 Å². The lowest BCUT2D eigenvalue weighted by molar-refractivity contribution is -0.134. The molecule has 1 saturated heterocycles. The number of hydrogen-bond acceptors (Lipinski definition) is 4. The Bertz CT molecular complexity index is 720. The van der Waals surface area contributed by atoms with E-state index in [0.29, 0.717) is 19.0 Å². The van der Waals surface area contributed by atoms with Crippen molar-refractivity contribution in [3.05, 3.63) is 51.5 Å². The van der Waals surface area contributed by atoms with Crippen molar-refractivity contribution >= 4 is 17.2 Å². The van der Waals surface area contributed by atoms with E-state index in [9.17, 15) is 4.79 Å². The Kier molecular flexibility index (Phi) is 7.41. The molecule has 0 bridgehead atoms. The second-order valence-electron chi connectivity index (χ2n) is 7.47. The van der Waals surface area contributed by atoms with Gasteiger partial charge in [0.15, 0.2) is 0 Å². The molecule has 1 amide bonds. The lowest BCUT2D eigenvalue weighted by atomic mass is 10.0. The van der Waals surface area contributed by atoms with Gasteiger partial charge in [0, 0.05) is 28.4 Å². The normalized spacial score (nSPS) is 17.5. The zero-order valence-electron chi connectivity index (χ0n) is 16.5. The van der Waals surface area contributed by atoms with Crippen LogP contribution in [-0.2, 0) is 17.8 Å². The number of hydrogen-bond donors (Lipinski definition) is 1. The summed E-state index contributed by atoms with van der Waals surface area (Å²) >= 11 is 1.85. The molecule has 3 heterocycles. The Balaban J connectivity index is 1.63. The largest absolute Gasteiger partial charge is 0.334 e. The topological polar surface area (TPSA) is 45.2 Å². The second-order valence-corrected chi connectivity index (χ2v) is 8.93. The van der Waals surface area contributed by atoms with Crippen molar-refractivity contribution in [3.8, 4) is 0 Å². The first-order valence-electron chi connectivity index (χ1n) is 10.1. The monoisotopic (exact) mass is 385 g/mol. The molecule has 4 nitrogen and oxygen atoms in total. The van der Waals surface area contributed by atoms with Crippen molar-refractivity contribution < 1.29 is 4.79 Å². The van der Waals surface area contributed by atoms with Gasteiger partial charge in [-0.15, -0.1) is 11.3 Å². The number of thiophene rings is 1. The maximum atomic E-state index is 13.1. The molecule has 0 radical (unpaired) electrons. The molecule has 146 valence electrons. The number of carbonyl (C=O) groups is 1. The molecule has 1 atom stereocenters. The van der Waals surface area contributed by atoms with Crippen LogP contribution in [0.25, 0.3) is 0 Å². The fourth-order valence-electron chi connectivity index (χ4n) is 3.90. The van der Waals surface area contributed by atoms with Crippen molar-refractivity contribution in [1.82, 2.24) is 15.2 Å². The second kappa shape index (κ2) is 10.00. The third-order valence-electron chi connectivity index (χ3n) is 5.35. The molecule has 1 N–H and O–H groups in total. The van der Waals surface area contributed by atoms with Gasteiger partial charge < -0.3 is 10.2 Å². The molecule has 2 aromatic heterocycles. The van der Waals surface area contributed by atoms with Crippen LogP contribution in [0.1, 0.15) is 53.1 Å². The highest BCUT2D eigenvalue weighted by molar-refractivity contribution is 7.12.